The minimum atomic E-state index is 0.698. The Morgan fingerprint density at radius 1 is 1.36 bits per heavy atom. The molecule has 1 aliphatic carbocycles. The summed E-state index contributed by atoms with van der Waals surface area (Å²) in [4.78, 5) is 0. The highest BCUT2D eigenvalue weighted by Gasteiger charge is 2.10. The molecule has 0 aromatic heterocycles. The molecule has 0 radical (unpaired) electrons. The van der Waals surface area contributed by atoms with Crippen molar-refractivity contribution >= 4 is 0 Å². The van der Waals surface area contributed by atoms with Crippen LogP contribution in [0, 0.1) is 17.2 Å². The first-order valence-electron chi connectivity index (χ1n) is 4.41. The van der Waals surface area contributed by atoms with Gasteiger partial charge < -0.3 is 0 Å². The maximum Gasteiger partial charge on any atom is 0.0940 e. The lowest BCUT2D eigenvalue weighted by Gasteiger charge is -2.17. The number of nitriles is 1. The van der Waals surface area contributed by atoms with Gasteiger partial charge in [0.25, 0.3) is 0 Å². The predicted octanol–water partition coefficient (Wildman–Crippen LogP) is 3.04. The van der Waals surface area contributed by atoms with Gasteiger partial charge in [0.15, 0.2) is 0 Å². The van der Waals surface area contributed by atoms with E-state index in [1.807, 2.05) is 6.92 Å². The highest BCUT2D eigenvalue weighted by atomic mass is 14.2. The Hall–Kier alpha value is -0.770. The van der Waals surface area contributed by atoms with Crippen molar-refractivity contribution in [1.82, 2.24) is 0 Å². The molecule has 0 N–H and O–H groups in total. The van der Waals surface area contributed by atoms with Gasteiger partial charge in [-0.15, -0.1) is 0 Å². The summed E-state index contributed by atoms with van der Waals surface area (Å²) >= 11 is 0. The van der Waals surface area contributed by atoms with E-state index in [4.69, 9.17) is 5.26 Å². The van der Waals surface area contributed by atoms with Crippen LogP contribution in [0.25, 0.3) is 0 Å². The van der Waals surface area contributed by atoms with Crippen molar-refractivity contribution in [1.29, 1.82) is 5.26 Å². The van der Waals surface area contributed by atoms with Crippen LogP contribution in [-0.2, 0) is 0 Å². The minimum Gasteiger partial charge on any atom is -0.193 e. The fourth-order valence-corrected chi connectivity index (χ4v) is 1.69. The summed E-state index contributed by atoms with van der Waals surface area (Å²) in [5.41, 5.74) is 0.886. The van der Waals surface area contributed by atoms with Gasteiger partial charge >= 0.3 is 0 Å². The predicted molar refractivity (Wildman–Crippen MR) is 45.9 cm³/mol. The zero-order valence-electron chi connectivity index (χ0n) is 7.14. The highest BCUT2D eigenvalue weighted by molar-refractivity contribution is 5.18. The standard InChI is InChI=1S/C10H15N/c1-9(8-11)7-10-5-3-2-4-6-10/h7,10H,2-6H2,1H3. The Kier molecular flexibility index (Phi) is 3.16. The third-order valence-corrected chi connectivity index (χ3v) is 2.31. The second kappa shape index (κ2) is 4.18. The maximum absolute atomic E-state index is 8.55. The number of hydrogen-bond acceptors (Lipinski definition) is 1. The highest BCUT2D eigenvalue weighted by Crippen LogP contribution is 2.25. The Bertz CT molecular complexity index is 180. The Morgan fingerprint density at radius 2 is 2.00 bits per heavy atom. The van der Waals surface area contributed by atoms with Gasteiger partial charge in [-0.25, -0.2) is 0 Å². The Balaban J connectivity index is 2.42. The van der Waals surface area contributed by atoms with Crippen LogP contribution < -0.4 is 0 Å². The molecule has 0 heterocycles. The lowest BCUT2D eigenvalue weighted by molar-refractivity contribution is 0.418. The Morgan fingerprint density at radius 3 is 2.55 bits per heavy atom. The van der Waals surface area contributed by atoms with Gasteiger partial charge in [0.05, 0.1) is 6.07 Å². The van der Waals surface area contributed by atoms with E-state index in [0.717, 1.165) is 5.57 Å². The molecule has 0 aromatic carbocycles. The summed E-state index contributed by atoms with van der Waals surface area (Å²) in [6, 6.07) is 2.17. The zero-order chi connectivity index (χ0) is 8.10. The van der Waals surface area contributed by atoms with Crippen molar-refractivity contribution in [3.05, 3.63) is 11.6 Å². The maximum atomic E-state index is 8.55. The molecule has 0 aromatic rings. The van der Waals surface area contributed by atoms with E-state index in [1.54, 1.807) is 0 Å². The third-order valence-electron chi connectivity index (χ3n) is 2.31. The van der Waals surface area contributed by atoms with E-state index in [1.165, 1.54) is 32.1 Å². The van der Waals surface area contributed by atoms with Crippen molar-refractivity contribution in [2.75, 3.05) is 0 Å². The smallest absolute Gasteiger partial charge is 0.0940 e. The second-order valence-electron chi connectivity index (χ2n) is 3.36. The van der Waals surface area contributed by atoms with E-state index in [-0.39, 0.29) is 0 Å². The van der Waals surface area contributed by atoms with Crippen LogP contribution in [0.1, 0.15) is 39.0 Å². The summed E-state index contributed by atoms with van der Waals surface area (Å²) in [5, 5.41) is 8.55. The van der Waals surface area contributed by atoms with Gasteiger partial charge in [-0.05, 0) is 25.7 Å². The molecule has 1 saturated carbocycles. The molecule has 1 fully saturated rings. The van der Waals surface area contributed by atoms with Crippen LogP contribution in [0.5, 0.6) is 0 Å². The molecule has 0 spiro atoms. The molecule has 11 heavy (non-hydrogen) atoms. The average Bonchev–Trinajstić information content (AvgIpc) is 2.06. The number of rotatable bonds is 1. The first-order valence-corrected chi connectivity index (χ1v) is 4.41. The third kappa shape index (κ3) is 2.76. The molecular weight excluding hydrogens is 134 g/mol. The normalized spacial score (nSPS) is 21.3. The average molecular weight is 149 g/mol. The molecule has 0 saturated heterocycles. The van der Waals surface area contributed by atoms with Gasteiger partial charge in [0, 0.05) is 5.57 Å². The van der Waals surface area contributed by atoms with Crippen LogP contribution >= 0.6 is 0 Å². The van der Waals surface area contributed by atoms with Crippen molar-refractivity contribution in [2.24, 2.45) is 5.92 Å². The van der Waals surface area contributed by atoms with Crippen molar-refractivity contribution in [3.8, 4) is 6.07 Å². The first kappa shape index (κ1) is 8.33. The van der Waals surface area contributed by atoms with E-state index in [2.05, 4.69) is 12.1 Å². The molecule has 1 heteroatoms. The molecule has 1 rings (SSSR count). The number of hydrogen-bond donors (Lipinski definition) is 0. The topological polar surface area (TPSA) is 23.8 Å². The molecule has 0 amide bonds. The van der Waals surface area contributed by atoms with Crippen LogP contribution in [0.15, 0.2) is 11.6 Å². The van der Waals surface area contributed by atoms with Crippen LogP contribution in [0.2, 0.25) is 0 Å². The van der Waals surface area contributed by atoms with Crippen molar-refractivity contribution in [2.45, 2.75) is 39.0 Å². The summed E-state index contributed by atoms with van der Waals surface area (Å²) < 4.78 is 0. The molecule has 0 unspecified atom stereocenters. The van der Waals surface area contributed by atoms with Gasteiger partial charge in [0.2, 0.25) is 0 Å². The molecule has 60 valence electrons. The van der Waals surface area contributed by atoms with Gasteiger partial charge in [-0.2, -0.15) is 5.26 Å². The monoisotopic (exact) mass is 149 g/mol. The number of nitrogens with zero attached hydrogens (tertiary/aromatic N) is 1. The van der Waals surface area contributed by atoms with Crippen molar-refractivity contribution in [3.63, 3.8) is 0 Å². The minimum absolute atomic E-state index is 0.698. The quantitative estimate of drug-likeness (QED) is 0.526. The largest absolute Gasteiger partial charge is 0.193 e. The summed E-state index contributed by atoms with van der Waals surface area (Å²) in [7, 11) is 0. The van der Waals surface area contributed by atoms with Crippen LogP contribution in [0.4, 0.5) is 0 Å². The second-order valence-corrected chi connectivity index (χ2v) is 3.36. The van der Waals surface area contributed by atoms with E-state index < -0.39 is 0 Å². The van der Waals surface area contributed by atoms with Gasteiger partial charge in [-0.3, -0.25) is 0 Å². The zero-order valence-corrected chi connectivity index (χ0v) is 7.14. The van der Waals surface area contributed by atoms with Gasteiger partial charge in [0.1, 0.15) is 0 Å². The fraction of sp³-hybridized carbons (Fsp3) is 0.700. The molecule has 0 aliphatic heterocycles. The fourth-order valence-electron chi connectivity index (χ4n) is 1.69. The van der Waals surface area contributed by atoms with Crippen LogP contribution in [0.3, 0.4) is 0 Å². The molecule has 1 nitrogen and oxygen atoms in total. The summed E-state index contributed by atoms with van der Waals surface area (Å²) in [6.45, 7) is 1.90. The first-order chi connectivity index (χ1) is 5.33. The van der Waals surface area contributed by atoms with Gasteiger partial charge in [-0.1, -0.05) is 25.3 Å². The summed E-state index contributed by atoms with van der Waals surface area (Å²) in [6.07, 6.45) is 8.80. The van der Waals surface area contributed by atoms with Crippen molar-refractivity contribution < 1.29 is 0 Å². The molecular formula is C10H15N. The number of allylic oxidation sites excluding steroid dienone is 2. The van der Waals surface area contributed by atoms with E-state index >= 15 is 0 Å². The SMILES string of the molecule is CC(C#N)=CC1CCCCC1. The molecule has 0 atom stereocenters. The lowest BCUT2D eigenvalue weighted by Crippen LogP contribution is -2.03. The Labute approximate surface area is 68.7 Å². The van der Waals surface area contributed by atoms with E-state index in [9.17, 15) is 0 Å². The lowest BCUT2D eigenvalue weighted by atomic mass is 9.88. The molecule has 1 aliphatic rings. The summed E-state index contributed by atoms with van der Waals surface area (Å²) in [5.74, 6) is 0.698. The molecule has 0 bridgehead atoms. The van der Waals surface area contributed by atoms with Crippen LogP contribution in [-0.4, -0.2) is 0 Å². The van der Waals surface area contributed by atoms with E-state index in [0.29, 0.717) is 5.92 Å².